The van der Waals surface area contributed by atoms with Gasteiger partial charge in [0.05, 0.1) is 11.3 Å². The van der Waals surface area contributed by atoms with Crippen LogP contribution in [-0.2, 0) is 0 Å². The van der Waals surface area contributed by atoms with Crippen LogP contribution in [0.4, 0.5) is 5.69 Å². The largest absolute Gasteiger partial charge is 0.385 e. The van der Waals surface area contributed by atoms with Gasteiger partial charge in [0.2, 0.25) is 0 Å². The number of rotatable bonds is 4. The van der Waals surface area contributed by atoms with Crippen LogP contribution < -0.4 is 10.6 Å². The van der Waals surface area contributed by atoms with E-state index >= 15 is 0 Å². The molecule has 4 nitrogen and oxygen atoms in total. The minimum Gasteiger partial charge on any atom is -0.385 e. The zero-order chi connectivity index (χ0) is 12.3. The molecule has 0 aliphatic heterocycles. The molecule has 1 aliphatic carbocycles. The van der Waals surface area contributed by atoms with Gasteiger partial charge in [0.25, 0.3) is 5.91 Å². The van der Waals surface area contributed by atoms with Crippen LogP contribution in [0.3, 0.4) is 0 Å². The van der Waals surface area contributed by atoms with Gasteiger partial charge in [0, 0.05) is 24.5 Å². The number of anilines is 1. The summed E-state index contributed by atoms with van der Waals surface area (Å²) in [6, 6.07) is 2.28. The first kappa shape index (κ1) is 11.9. The van der Waals surface area contributed by atoms with E-state index in [-0.39, 0.29) is 5.91 Å². The van der Waals surface area contributed by atoms with Crippen LogP contribution in [0.1, 0.15) is 42.2 Å². The van der Waals surface area contributed by atoms with Crippen molar-refractivity contribution < 1.29 is 4.79 Å². The van der Waals surface area contributed by atoms with Crippen molar-refractivity contribution in [2.45, 2.75) is 39.2 Å². The normalized spacial score (nSPS) is 15.2. The number of carbonyl (C=O) groups is 1. The van der Waals surface area contributed by atoms with Crippen LogP contribution in [0.2, 0.25) is 0 Å². The molecule has 0 atom stereocenters. The Bertz CT molecular complexity index is 413. The second-order valence-electron chi connectivity index (χ2n) is 4.50. The fraction of sp³-hybridized carbons (Fsp3) is 0.538. The topological polar surface area (TPSA) is 54.0 Å². The molecular formula is C13H19N3O. The minimum atomic E-state index is -0.0156. The maximum atomic E-state index is 12.1. The van der Waals surface area contributed by atoms with Crippen molar-refractivity contribution in [1.82, 2.24) is 10.3 Å². The zero-order valence-corrected chi connectivity index (χ0v) is 10.4. The van der Waals surface area contributed by atoms with Crippen molar-refractivity contribution in [3.63, 3.8) is 0 Å². The van der Waals surface area contributed by atoms with E-state index in [1.807, 2.05) is 19.9 Å². The highest BCUT2D eigenvalue weighted by Crippen LogP contribution is 2.20. The summed E-state index contributed by atoms with van der Waals surface area (Å²) < 4.78 is 0. The lowest BCUT2D eigenvalue weighted by molar-refractivity contribution is 0.0917. The predicted molar refractivity (Wildman–Crippen MR) is 68.2 cm³/mol. The summed E-state index contributed by atoms with van der Waals surface area (Å²) in [6.45, 7) is 4.74. The number of pyridine rings is 1. The number of aryl methyl sites for hydroxylation is 1. The molecule has 17 heavy (non-hydrogen) atoms. The summed E-state index contributed by atoms with van der Waals surface area (Å²) in [5.41, 5.74) is 2.43. The summed E-state index contributed by atoms with van der Waals surface area (Å²) in [6.07, 6.45) is 5.07. The molecule has 4 heteroatoms. The molecule has 0 aromatic carbocycles. The van der Waals surface area contributed by atoms with Gasteiger partial charge in [-0.3, -0.25) is 9.78 Å². The summed E-state index contributed by atoms with van der Waals surface area (Å²) in [5.74, 6) is -0.0156. The number of nitrogens with one attached hydrogen (secondary N) is 2. The zero-order valence-electron chi connectivity index (χ0n) is 10.4. The third kappa shape index (κ3) is 2.75. The van der Waals surface area contributed by atoms with Crippen molar-refractivity contribution in [3.8, 4) is 0 Å². The highest BCUT2D eigenvalue weighted by atomic mass is 16.1. The quantitative estimate of drug-likeness (QED) is 0.837. The van der Waals surface area contributed by atoms with Gasteiger partial charge in [-0.05, 0) is 39.2 Å². The molecule has 1 fully saturated rings. The van der Waals surface area contributed by atoms with Crippen molar-refractivity contribution in [3.05, 3.63) is 23.5 Å². The molecule has 1 heterocycles. The monoisotopic (exact) mass is 233 g/mol. The van der Waals surface area contributed by atoms with Gasteiger partial charge in [0.15, 0.2) is 0 Å². The maximum Gasteiger partial charge on any atom is 0.255 e. The second-order valence-corrected chi connectivity index (χ2v) is 4.50. The van der Waals surface area contributed by atoms with E-state index in [2.05, 4.69) is 15.6 Å². The maximum absolute atomic E-state index is 12.1. The lowest BCUT2D eigenvalue weighted by atomic mass is 9.93. The van der Waals surface area contributed by atoms with Gasteiger partial charge in [-0.25, -0.2) is 0 Å². The van der Waals surface area contributed by atoms with Crippen molar-refractivity contribution in [2.75, 3.05) is 11.9 Å². The van der Waals surface area contributed by atoms with E-state index in [1.54, 1.807) is 6.20 Å². The Morgan fingerprint density at radius 3 is 2.88 bits per heavy atom. The van der Waals surface area contributed by atoms with Crippen LogP contribution in [0.25, 0.3) is 0 Å². The second kappa shape index (κ2) is 5.17. The summed E-state index contributed by atoms with van der Waals surface area (Å²) in [7, 11) is 0. The Morgan fingerprint density at radius 1 is 1.53 bits per heavy atom. The Balaban J connectivity index is 2.14. The predicted octanol–water partition coefficient (Wildman–Crippen LogP) is 2.10. The van der Waals surface area contributed by atoms with Crippen LogP contribution in [-0.4, -0.2) is 23.5 Å². The fourth-order valence-corrected chi connectivity index (χ4v) is 1.89. The molecule has 0 unspecified atom stereocenters. The van der Waals surface area contributed by atoms with Gasteiger partial charge >= 0.3 is 0 Å². The third-order valence-corrected chi connectivity index (χ3v) is 3.09. The van der Waals surface area contributed by atoms with E-state index in [0.29, 0.717) is 11.6 Å². The van der Waals surface area contributed by atoms with Gasteiger partial charge in [0.1, 0.15) is 0 Å². The molecule has 0 bridgehead atoms. The van der Waals surface area contributed by atoms with Crippen molar-refractivity contribution in [2.24, 2.45) is 0 Å². The van der Waals surface area contributed by atoms with E-state index in [1.165, 1.54) is 6.42 Å². The molecule has 1 aromatic heterocycles. The summed E-state index contributed by atoms with van der Waals surface area (Å²) >= 11 is 0. The average Bonchev–Trinajstić information content (AvgIpc) is 2.24. The Kier molecular flexibility index (Phi) is 3.61. The lowest BCUT2D eigenvalue weighted by Gasteiger charge is -2.26. The molecule has 0 spiro atoms. The smallest absolute Gasteiger partial charge is 0.255 e. The Morgan fingerprint density at radius 2 is 2.29 bits per heavy atom. The number of carbonyl (C=O) groups excluding carboxylic acids is 1. The number of hydrogen-bond donors (Lipinski definition) is 2. The van der Waals surface area contributed by atoms with Crippen LogP contribution in [0.15, 0.2) is 12.3 Å². The van der Waals surface area contributed by atoms with E-state index in [4.69, 9.17) is 0 Å². The van der Waals surface area contributed by atoms with Crippen LogP contribution in [0, 0.1) is 6.92 Å². The first-order chi connectivity index (χ1) is 8.20. The van der Waals surface area contributed by atoms with E-state index in [9.17, 15) is 4.79 Å². The van der Waals surface area contributed by atoms with Gasteiger partial charge in [-0.2, -0.15) is 0 Å². The minimum absolute atomic E-state index is 0.0156. The Hall–Kier alpha value is -1.58. The van der Waals surface area contributed by atoms with Crippen LogP contribution in [0.5, 0.6) is 0 Å². The number of nitrogens with zero attached hydrogens (tertiary/aromatic N) is 1. The molecule has 92 valence electrons. The van der Waals surface area contributed by atoms with Crippen LogP contribution >= 0.6 is 0 Å². The molecule has 2 N–H and O–H groups in total. The number of aromatic nitrogens is 1. The van der Waals surface area contributed by atoms with E-state index < -0.39 is 0 Å². The lowest BCUT2D eigenvalue weighted by Crippen LogP contribution is -2.39. The highest BCUT2D eigenvalue weighted by molar-refractivity contribution is 5.99. The highest BCUT2D eigenvalue weighted by Gasteiger charge is 2.21. The molecular weight excluding hydrogens is 214 g/mol. The molecule has 0 radical (unpaired) electrons. The first-order valence-electron chi connectivity index (χ1n) is 6.22. The molecule has 1 saturated carbocycles. The number of amides is 1. The fourth-order valence-electron chi connectivity index (χ4n) is 1.89. The summed E-state index contributed by atoms with van der Waals surface area (Å²) in [4.78, 5) is 16.3. The molecule has 1 amide bonds. The first-order valence-corrected chi connectivity index (χ1v) is 6.22. The SMILES string of the molecule is CCNc1cc(C)ncc1C(=O)NC1CCC1. The Labute approximate surface area is 102 Å². The third-order valence-electron chi connectivity index (χ3n) is 3.09. The van der Waals surface area contributed by atoms with E-state index in [0.717, 1.165) is 30.8 Å². The van der Waals surface area contributed by atoms with Gasteiger partial charge in [-0.1, -0.05) is 0 Å². The van der Waals surface area contributed by atoms with Crippen molar-refractivity contribution in [1.29, 1.82) is 0 Å². The van der Waals surface area contributed by atoms with Crippen molar-refractivity contribution >= 4 is 11.6 Å². The molecule has 1 aromatic rings. The number of hydrogen-bond acceptors (Lipinski definition) is 3. The molecule has 1 aliphatic rings. The molecule has 0 saturated heterocycles. The standard InChI is InChI=1S/C13H19N3O/c1-3-14-12-7-9(2)15-8-11(12)13(17)16-10-5-4-6-10/h7-8,10H,3-6H2,1-2H3,(H,14,15)(H,16,17). The summed E-state index contributed by atoms with van der Waals surface area (Å²) in [5, 5.41) is 6.24. The molecule has 2 rings (SSSR count). The average molecular weight is 233 g/mol. The van der Waals surface area contributed by atoms with Gasteiger partial charge in [-0.15, -0.1) is 0 Å². The van der Waals surface area contributed by atoms with Gasteiger partial charge < -0.3 is 10.6 Å².